The summed E-state index contributed by atoms with van der Waals surface area (Å²) in [7, 11) is 4.08. The molecule has 1 aromatic carbocycles. The first-order valence-corrected chi connectivity index (χ1v) is 10.7. The van der Waals surface area contributed by atoms with Gasteiger partial charge in [0, 0.05) is 37.7 Å². The van der Waals surface area contributed by atoms with E-state index in [1.54, 1.807) is 11.3 Å². The van der Waals surface area contributed by atoms with Crippen LogP contribution in [0.25, 0.3) is 0 Å². The van der Waals surface area contributed by atoms with Gasteiger partial charge in [0.2, 0.25) is 0 Å². The number of benzene rings is 1. The van der Waals surface area contributed by atoms with Gasteiger partial charge >= 0.3 is 0 Å². The van der Waals surface area contributed by atoms with Crippen molar-refractivity contribution in [2.45, 2.75) is 26.4 Å². The summed E-state index contributed by atoms with van der Waals surface area (Å²) in [4.78, 5) is 8.24. The minimum absolute atomic E-state index is 0. The van der Waals surface area contributed by atoms with Gasteiger partial charge in [-0.3, -0.25) is 0 Å². The fraction of sp³-hybridized carbons (Fsp3) is 0.381. The van der Waals surface area contributed by atoms with E-state index >= 15 is 0 Å². The fourth-order valence-corrected chi connectivity index (χ4v) is 3.48. The van der Waals surface area contributed by atoms with Crippen molar-refractivity contribution in [2.24, 2.45) is 12.0 Å². The van der Waals surface area contributed by atoms with Crippen molar-refractivity contribution >= 4 is 47.0 Å². The standard InChI is InChI=1S/C21H29N7S.HI/c1-17-25-26-20(28(17)3)16-24-21(23-15-19-11-7-14-29-19)22-12-8-13-27(2)18-9-5-4-6-10-18;/h4-7,9-11,14H,8,12-13,15-16H2,1-3H3,(H2,22,23,24);1H. The van der Waals surface area contributed by atoms with Crippen molar-refractivity contribution in [1.29, 1.82) is 0 Å². The third-order valence-electron chi connectivity index (χ3n) is 4.73. The van der Waals surface area contributed by atoms with Crippen molar-refractivity contribution < 1.29 is 0 Å². The molecule has 0 fully saturated rings. The van der Waals surface area contributed by atoms with Gasteiger partial charge in [0.05, 0.1) is 6.54 Å². The summed E-state index contributed by atoms with van der Waals surface area (Å²) in [5.74, 6) is 2.53. The van der Waals surface area contributed by atoms with E-state index < -0.39 is 0 Å². The Kier molecular flexibility index (Phi) is 10.1. The maximum atomic E-state index is 4.70. The van der Waals surface area contributed by atoms with E-state index in [1.165, 1.54) is 10.6 Å². The van der Waals surface area contributed by atoms with Gasteiger partial charge < -0.3 is 20.1 Å². The number of aliphatic imine (C=N–C) groups is 1. The molecule has 0 unspecified atom stereocenters. The Morgan fingerprint density at radius 1 is 1.13 bits per heavy atom. The van der Waals surface area contributed by atoms with Crippen LogP contribution in [0.15, 0.2) is 52.8 Å². The zero-order valence-corrected chi connectivity index (χ0v) is 20.9. The predicted octanol–water partition coefficient (Wildman–Crippen LogP) is 3.56. The van der Waals surface area contributed by atoms with Crippen LogP contribution in [0.4, 0.5) is 5.69 Å². The van der Waals surface area contributed by atoms with Crippen LogP contribution < -0.4 is 15.5 Å². The molecule has 0 spiro atoms. The van der Waals surface area contributed by atoms with Crippen LogP contribution in [0.3, 0.4) is 0 Å². The highest BCUT2D eigenvalue weighted by Gasteiger charge is 2.06. The second-order valence-corrected chi connectivity index (χ2v) is 7.89. The molecule has 3 rings (SSSR count). The lowest BCUT2D eigenvalue weighted by atomic mass is 10.3. The minimum atomic E-state index is 0. The molecule has 162 valence electrons. The molecule has 9 heteroatoms. The Bertz CT molecular complexity index is 893. The lowest BCUT2D eigenvalue weighted by molar-refractivity contribution is 0.718. The van der Waals surface area contributed by atoms with Gasteiger partial charge in [0.1, 0.15) is 12.4 Å². The number of rotatable bonds is 9. The van der Waals surface area contributed by atoms with Crippen molar-refractivity contribution in [3.05, 3.63) is 64.4 Å². The molecule has 0 aliphatic heterocycles. The molecule has 0 atom stereocenters. The average Bonchev–Trinajstić information content (AvgIpc) is 3.38. The zero-order chi connectivity index (χ0) is 20.5. The number of guanidine groups is 1. The first-order chi connectivity index (χ1) is 14.1. The monoisotopic (exact) mass is 539 g/mol. The largest absolute Gasteiger partial charge is 0.375 e. The van der Waals surface area contributed by atoms with Gasteiger partial charge in [-0.2, -0.15) is 0 Å². The van der Waals surface area contributed by atoms with E-state index in [-0.39, 0.29) is 24.0 Å². The van der Waals surface area contributed by atoms with E-state index in [1.807, 2.05) is 24.6 Å². The third kappa shape index (κ3) is 7.28. The Hall–Kier alpha value is -2.14. The number of para-hydroxylation sites is 1. The number of hydrogen-bond donors (Lipinski definition) is 2. The molecule has 30 heavy (non-hydrogen) atoms. The normalized spacial score (nSPS) is 11.1. The number of anilines is 1. The molecule has 0 saturated heterocycles. The zero-order valence-electron chi connectivity index (χ0n) is 17.7. The van der Waals surface area contributed by atoms with Crippen molar-refractivity contribution in [2.75, 3.05) is 25.0 Å². The smallest absolute Gasteiger partial charge is 0.192 e. The van der Waals surface area contributed by atoms with Gasteiger partial charge in [0.25, 0.3) is 0 Å². The third-order valence-corrected chi connectivity index (χ3v) is 5.61. The highest BCUT2D eigenvalue weighted by atomic mass is 127. The van der Waals surface area contributed by atoms with Gasteiger partial charge in [-0.1, -0.05) is 24.3 Å². The number of hydrogen-bond acceptors (Lipinski definition) is 5. The number of nitrogens with zero attached hydrogens (tertiary/aromatic N) is 5. The maximum Gasteiger partial charge on any atom is 0.192 e. The molecule has 3 aromatic rings. The number of halogens is 1. The Labute approximate surface area is 199 Å². The summed E-state index contributed by atoms with van der Waals surface area (Å²) in [5.41, 5.74) is 1.23. The van der Waals surface area contributed by atoms with Gasteiger partial charge in [0.15, 0.2) is 11.8 Å². The quantitative estimate of drug-likeness (QED) is 0.188. The first kappa shape index (κ1) is 24.1. The Balaban J connectivity index is 0.00000320. The molecule has 0 radical (unpaired) electrons. The summed E-state index contributed by atoms with van der Waals surface area (Å²) < 4.78 is 1.97. The first-order valence-electron chi connectivity index (χ1n) is 9.79. The molecule has 7 nitrogen and oxygen atoms in total. The van der Waals surface area contributed by atoms with Crippen LogP contribution in [0, 0.1) is 6.92 Å². The number of thiophene rings is 1. The van der Waals surface area contributed by atoms with E-state index in [9.17, 15) is 0 Å². The van der Waals surface area contributed by atoms with E-state index in [0.717, 1.165) is 43.7 Å². The Morgan fingerprint density at radius 2 is 1.93 bits per heavy atom. The molecule has 0 bridgehead atoms. The molecule has 0 saturated carbocycles. The Morgan fingerprint density at radius 3 is 2.60 bits per heavy atom. The van der Waals surface area contributed by atoms with Crippen LogP contribution in [0.5, 0.6) is 0 Å². The summed E-state index contributed by atoms with van der Waals surface area (Å²) in [6, 6.07) is 14.6. The van der Waals surface area contributed by atoms with Crippen molar-refractivity contribution in [1.82, 2.24) is 25.4 Å². The molecular formula is C21H30IN7S. The molecular weight excluding hydrogens is 509 g/mol. The summed E-state index contributed by atoms with van der Waals surface area (Å²) >= 11 is 1.74. The van der Waals surface area contributed by atoms with E-state index in [4.69, 9.17) is 4.99 Å². The van der Waals surface area contributed by atoms with Crippen LogP contribution in [-0.4, -0.2) is 40.9 Å². The lowest BCUT2D eigenvalue weighted by Gasteiger charge is -2.19. The summed E-state index contributed by atoms with van der Waals surface area (Å²) in [6.07, 6.45) is 1.01. The molecule has 2 N–H and O–H groups in total. The van der Waals surface area contributed by atoms with E-state index in [0.29, 0.717) is 6.54 Å². The van der Waals surface area contributed by atoms with Crippen molar-refractivity contribution in [3.63, 3.8) is 0 Å². The highest BCUT2D eigenvalue weighted by Crippen LogP contribution is 2.11. The van der Waals surface area contributed by atoms with Crippen LogP contribution in [-0.2, 0) is 20.1 Å². The number of aryl methyl sites for hydroxylation is 1. The molecule has 2 aromatic heterocycles. The molecule has 0 amide bonds. The second kappa shape index (κ2) is 12.5. The molecule has 0 aliphatic rings. The topological polar surface area (TPSA) is 70.4 Å². The van der Waals surface area contributed by atoms with Crippen molar-refractivity contribution in [3.8, 4) is 0 Å². The van der Waals surface area contributed by atoms with Crippen LogP contribution >= 0.6 is 35.3 Å². The molecule has 0 aliphatic carbocycles. The predicted molar refractivity (Wildman–Crippen MR) is 136 cm³/mol. The lowest BCUT2D eigenvalue weighted by Crippen LogP contribution is -2.38. The van der Waals surface area contributed by atoms with Crippen LogP contribution in [0.1, 0.15) is 22.9 Å². The maximum absolute atomic E-state index is 4.70. The van der Waals surface area contributed by atoms with E-state index in [2.05, 4.69) is 74.6 Å². The SMILES string of the molecule is Cc1nnc(CN=C(NCCCN(C)c2ccccc2)NCc2cccs2)n1C.I. The average molecular weight is 539 g/mol. The van der Waals surface area contributed by atoms with Gasteiger partial charge in [-0.05, 0) is 36.9 Å². The summed E-state index contributed by atoms with van der Waals surface area (Å²) in [5, 5.41) is 17.2. The minimum Gasteiger partial charge on any atom is -0.375 e. The van der Waals surface area contributed by atoms with Gasteiger partial charge in [-0.15, -0.1) is 45.5 Å². The highest BCUT2D eigenvalue weighted by molar-refractivity contribution is 14.0. The van der Waals surface area contributed by atoms with Gasteiger partial charge in [-0.25, -0.2) is 4.99 Å². The van der Waals surface area contributed by atoms with Crippen LogP contribution in [0.2, 0.25) is 0 Å². The fourth-order valence-electron chi connectivity index (χ4n) is 2.83. The molecule has 2 heterocycles. The summed E-state index contributed by atoms with van der Waals surface area (Å²) in [6.45, 7) is 4.99. The second-order valence-electron chi connectivity index (χ2n) is 6.86. The number of aromatic nitrogens is 3. The number of nitrogens with one attached hydrogen (secondary N) is 2.